The molecule has 1 saturated heterocycles. The van der Waals surface area contributed by atoms with Gasteiger partial charge >= 0.3 is 0 Å². The minimum Gasteiger partial charge on any atom is -0.368 e. The molecule has 1 N–H and O–H groups in total. The first kappa shape index (κ1) is 21.1. The van der Waals surface area contributed by atoms with Crippen LogP contribution in [0.25, 0.3) is 0 Å². The van der Waals surface area contributed by atoms with Crippen LogP contribution in [-0.4, -0.2) is 51.9 Å². The maximum atomic E-state index is 12.8. The fraction of sp³-hybridized carbons (Fsp3) is 0.300. The average molecular weight is 433 g/mol. The molecule has 0 saturated carbocycles. The van der Waals surface area contributed by atoms with Crippen LogP contribution < -0.4 is 9.62 Å². The number of halogens is 1. The highest BCUT2D eigenvalue weighted by Crippen LogP contribution is 2.21. The van der Waals surface area contributed by atoms with Gasteiger partial charge in [-0.1, -0.05) is 17.7 Å². The molecule has 2 aromatic carbocycles. The predicted molar refractivity (Wildman–Crippen MR) is 111 cm³/mol. The number of rotatable bonds is 6. The van der Waals surface area contributed by atoms with Crippen LogP contribution in [0, 0.1) is 11.3 Å². The molecule has 0 spiro atoms. The van der Waals surface area contributed by atoms with E-state index in [2.05, 4.69) is 9.62 Å². The van der Waals surface area contributed by atoms with E-state index in [0.29, 0.717) is 36.8 Å². The van der Waals surface area contributed by atoms with E-state index in [9.17, 15) is 13.2 Å². The number of nitrogens with zero attached hydrogens (tertiary/aromatic N) is 3. The largest absolute Gasteiger partial charge is 0.368 e. The Morgan fingerprint density at radius 3 is 2.41 bits per heavy atom. The van der Waals surface area contributed by atoms with E-state index < -0.39 is 10.0 Å². The fourth-order valence-corrected chi connectivity index (χ4v) is 4.34. The Hall–Kier alpha value is -2.60. The van der Waals surface area contributed by atoms with Gasteiger partial charge in [0.15, 0.2) is 0 Å². The Morgan fingerprint density at radius 2 is 1.79 bits per heavy atom. The van der Waals surface area contributed by atoms with Gasteiger partial charge in [-0.15, -0.1) is 0 Å². The topological polar surface area (TPSA) is 93.5 Å². The molecule has 0 atom stereocenters. The van der Waals surface area contributed by atoms with Crippen molar-refractivity contribution in [2.24, 2.45) is 0 Å². The molecule has 1 aliphatic heterocycles. The summed E-state index contributed by atoms with van der Waals surface area (Å²) in [5.74, 6) is -0.128. The van der Waals surface area contributed by atoms with E-state index in [1.165, 1.54) is 24.3 Å². The van der Waals surface area contributed by atoms with Crippen LogP contribution in [0.3, 0.4) is 0 Å². The zero-order chi connectivity index (χ0) is 20.9. The number of hydrogen-bond acceptors (Lipinski definition) is 5. The maximum absolute atomic E-state index is 12.8. The predicted octanol–water partition coefficient (Wildman–Crippen LogP) is 2.49. The molecule has 29 heavy (non-hydrogen) atoms. The zero-order valence-electron chi connectivity index (χ0n) is 15.7. The normalized spacial score (nSPS) is 14.5. The number of nitriles is 1. The van der Waals surface area contributed by atoms with Gasteiger partial charge in [0, 0.05) is 55.4 Å². The Bertz CT molecular complexity index is 1010. The number of nitrogens with one attached hydrogen (secondary N) is 1. The Labute approximate surface area is 175 Å². The first-order chi connectivity index (χ1) is 13.9. The van der Waals surface area contributed by atoms with Crippen LogP contribution in [0.2, 0.25) is 5.02 Å². The number of benzene rings is 2. The molecule has 1 fully saturated rings. The van der Waals surface area contributed by atoms with Crippen molar-refractivity contribution < 1.29 is 13.2 Å². The highest BCUT2D eigenvalue weighted by Gasteiger charge is 2.23. The van der Waals surface area contributed by atoms with Gasteiger partial charge in [-0.05, 0) is 42.5 Å². The standard InChI is InChI=1S/C20H21ClN4O3S/c21-17-3-1-4-18(15-17)24-11-13-25(14-12-24)20(26)16-5-7-19(8-6-16)29(27,28)23-10-2-9-22/h1,3-8,15,23H,2,10-14H2. The minimum atomic E-state index is -3.68. The summed E-state index contributed by atoms with van der Waals surface area (Å²) in [6.07, 6.45) is 0.0942. The molecule has 2 aromatic rings. The van der Waals surface area contributed by atoms with Crippen molar-refractivity contribution in [2.75, 3.05) is 37.6 Å². The number of piperazine rings is 1. The van der Waals surface area contributed by atoms with Crippen molar-refractivity contribution in [2.45, 2.75) is 11.3 Å². The average Bonchev–Trinajstić information content (AvgIpc) is 2.73. The molecule has 0 bridgehead atoms. The van der Waals surface area contributed by atoms with Gasteiger partial charge in [0.1, 0.15) is 0 Å². The summed E-state index contributed by atoms with van der Waals surface area (Å²) >= 11 is 6.05. The molecule has 7 nitrogen and oxygen atoms in total. The van der Waals surface area contributed by atoms with Gasteiger partial charge < -0.3 is 9.80 Å². The van der Waals surface area contributed by atoms with E-state index in [0.717, 1.165) is 5.69 Å². The summed E-state index contributed by atoms with van der Waals surface area (Å²) in [4.78, 5) is 16.8. The number of anilines is 1. The second-order valence-electron chi connectivity index (χ2n) is 6.59. The first-order valence-electron chi connectivity index (χ1n) is 9.17. The first-order valence-corrected chi connectivity index (χ1v) is 11.0. The number of carbonyl (C=O) groups is 1. The van der Waals surface area contributed by atoms with Crippen molar-refractivity contribution in [3.05, 3.63) is 59.1 Å². The Morgan fingerprint density at radius 1 is 1.10 bits per heavy atom. The van der Waals surface area contributed by atoms with Crippen molar-refractivity contribution in [3.8, 4) is 6.07 Å². The molecule has 0 unspecified atom stereocenters. The van der Waals surface area contributed by atoms with E-state index >= 15 is 0 Å². The van der Waals surface area contributed by atoms with Crippen LogP contribution in [0.1, 0.15) is 16.8 Å². The fourth-order valence-electron chi connectivity index (χ4n) is 3.12. The third kappa shape index (κ3) is 5.26. The lowest BCUT2D eigenvalue weighted by Crippen LogP contribution is -2.48. The molecule has 1 amide bonds. The third-order valence-corrected chi connectivity index (χ3v) is 6.39. The van der Waals surface area contributed by atoms with Gasteiger partial charge in [0.25, 0.3) is 5.91 Å². The highest BCUT2D eigenvalue weighted by molar-refractivity contribution is 7.89. The Kier molecular flexibility index (Phi) is 6.75. The maximum Gasteiger partial charge on any atom is 0.253 e. The number of carbonyl (C=O) groups excluding carboxylic acids is 1. The van der Waals surface area contributed by atoms with Gasteiger partial charge in [-0.3, -0.25) is 4.79 Å². The van der Waals surface area contributed by atoms with E-state index in [1.54, 1.807) is 4.90 Å². The molecule has 0 aromatic heterocycles. The number of hydrogen-bond donors (Lipinski definition) is 1. The van der Waals surface area contributed by atoms with Gasteiger partial charge in [-0.25, -0.2) is 13.1 Å². The van der Waals surface area contributed by atoms with Gasteiger partial charge in [0.05, 0.1) is 11.0 Å². The lowest BCUT2D eigenvalue weighted by molar-refractivity contribution is 0.0746. The van der Waals surface area contributed by atoms with Crippen LogP contribution in [0.15, 0.2) is 53.4 Å². The molecule has 3 rings (SSSR count). The van der Waals surface area contributed by atoms with Crippen molar-refractivity contribution in [3.63, 3.8) is 0 Å². The second kappa shape index (κ2) is 9.27. The van der Waals surface area contributed by atoms with Gasteiger partial charge in [0.2, 0.25) is 10.0 Å². The van der Waals surface area contributed by atoms with Crippen LogP contribution in [0.4, 0.5) is 5.69 Å². The smallest absolute Gasteiger partial charge is 0.253 e. The summed E-state index contributed by atoms with van der Waals surface area (Å²) in [6.45, 7) is 2.58. The van der Waals surface area contributed by atoms with E-state index in [1.807, 2.05) is 30.3 Å². The molecule has 1 aliphatic rings. The summed E-state index contributed by atoms with van der Waals surface area (Å²) in [5.41, 5.74) is 1.47. The molecule has 1 heterocycles. The molecule has 0 aliphatic carbocycles. The minimum absolute atomic E-state index is 0.0520. The summed E-state index contributed by atoms with van der Waals surface area (Å²) < 4.78 is 26.7. The lowest BCUT2D eigenvalue weighted by atomic mass is 10.1. The van der Waals surface area contributed by atoms with Crippen molar-refractivity contribution in [1.82, 2.24) is 9.62 Å². The number of sulfonamides is 1. The van der Waals surface area contributed by atoms with E-state index in [-0.39, 0.29) is 23.8 Å². The summed E-state index contributed by atoms with van der Waals surface area (Å²) in [7, 11) is -3.68. The molecule has 9 heteroatoms. The van der Waals surface area contributed by atoms with Crippen molar-refractivity contribution >= 4 is 33.2 Å². The second-order valence-corrected chi connectivity index (χ2v) is 8.79. The van der Waals surface area contributed by atoms with Crippen LogP contribution in [0.5, 0.6) is 0 Å². The third-order valence-electron chi connectivity index (χ3n) is 4.68. The molecular weight excluding hydrogens is 412 g/mol. The monoisotopic (exact) mass is 432 g/mol. The Balaban J connectivity index is 1.61. The molecule has 152 valence electrons. The van der Waals surface area contributed by atoms with E-state index in [4.69, 9.17) is 16.9 Å². The quantitative estimate of drug-likeness (QED) is 0.708. The van der Waals surface area contributed by atoms with Crippen LogP contribution >= 0.6 is 11.6 Å². The van der Waals surface area contributed by atoms with Gasteiger partial charge in [-0.2, -0.15) is 5.26 Å². The zero-order valence-corrected chi connectivity index (χ0v) is 17.3. The number of amides is 1. The molecular formula is C20H21ClN4O3S. The summed E-state index contributed by atoms with van der Waals surface area (Å²) in [5, 5.41) is 9.19. The molecule has 0 radical (unpaired) electrons. The van der Waals surface area contributed by atoms with Crippen molar-refractivity contribution in [1.29, 1.82) is 5.26 Å². The SMILES string of the molecule is N#CCCNS(=O)(=O)c1ccc(C(=O)N2CCN(c3cccc(Cl)c3)CC2)cc1. The summed E-state index contributed by atoms with van der Waals surface area (Å²) in [6, 6.07) is 15.4. The highest BCUT2D eigenvalue weighted by atomic mass is 35.5. The van der Waals surface area contributed by atoms with Crippen LogP contribution in [-0.2, 0) is 10.0 Å². The lowest BCUT2D eigenvalue weighted by Gasteiger charge is -2.36.